The highest BCUT2D eigenvalue weighted by Gasteiger charge is 2.24. The maximum Gasteiger partial charge on any atom is 0.133 e. The zero-order valence-electron chi connectivity index (χ0n) is 6.73. The molecule has 1 aliphatic carbocycles. The van der Waals surface area contributed by atoms with E-state index in [1.54, 1.807) is 18.6 Å². The van der Waals surface area contributed by atoms with Crippen molar-refractivity contribution in [2.45, 2.75) is 25.2 Å². The minimum atomic E-state index is 0.325. The second kappa shape index (κ2) is 3.01. The lowest BCUT2D eigenvalue weighted by atomic mass is 10.1. The summed E-state index contributed by atoms with van der Waals surface area (Å²) in [6.07, 6.45) is 7.39. The quantitative estimate of drug-likeness (QED) is 0.625. The van der Waals surface area contributed by atoms with Crippen LogP contribution in [-0.2, 0) is 4.79 Å². The predicted octanol–water partition coefficient (Wildman–Crippen LogP) is 1.31. The van der Waals surface area contributed by atoms with E-state index in [4.69, 9.17) is 0 Å². The highest BCUT2D eigenvalue weighted by Crippen LogP contribution is 2.29. The molecular formula is C9H10N2O. The molecule has 0 aromatic carbocycles. The first-order valence-electron chi connectivity index (χ1n) is 4.14. The molecule has 1 saturated carbocycles. The van der Waals surface area contributed by atoms with Crippen LogP contribution in [0.2, 0.25) is 0 Å². The van der Waals surface area contributed by atoms with Crippen molar-refractivity contribution in [3.05, 3.63) is 24.3 Å². The molecule has 12 heavy (non-hydrogen) atoms. The molecule has 1 heterocycles. The van der Waals surface area contributed by atoms with Crippen molar-refractivity contribution in [3.8, 4) is 0 Å². The van der Waals surface area contributed by atoms with Crippen molar-refractivity contribution in [1.29, 1.82) is 0 Å². The molecule has 2 rings (SSSR count). The van der Waals surface area contributed by atoms with E-state index < -0.39 is 0 Å². The van der Waals surface area contributed by atoms with Crippen molar-refractivity contribution in [1.82, 2.24) is 9.97 Å². The van der Waals surface area contributed by atoms with Crippen LogP contribution in [0.1, 0.15) is 30.9 Å². The van der Waals surface area contributed by atoms with Crippen molar-refractivity contribution in [2.24, 2.45) is 0 Å². The average Bonchev–Trinajstić information content (AvgIpc) is 2.54. The fourth-order valence-electron chi connectivity index (χ4n) is 1.59. The largest absolute Gasteiger partial charge is 0.300 e. The van der Waals surface area contributed by atoms with Crippen LogP contribution in [0.3, 0.4) is 0 Å². The Morgan fingerprint density at radius 2 is 2.33 bits per heavy atom. The van der Waals surface area contributed by atoms with Gasteiger partial charge >= 0.3 is 0 Å². The molecule has 1 unspecified atom stereocenters. The number of nitrogens with zero attached hydrogens (tertiary/aromatic N) is 2. The van der Waals surface area contributed by atoms with Gasteiger partial charge in [-0.2, -0.15) is 0 Å². The van der Waals surface area contributed by atoms with Crippen LogP contribution in [0, 0.1) is 0 Å². The van der Waals surface area contributed by atoms with Gasteiger partial charge in [-0.3, -0.25) is 14.8 Å². The summed E-state index contributed by atoms with van der Waals surface area (Å²) in [6.45, 7) is 0. The van der Waals surface area contributed by atoms with E-state index in [-0.39, 0.29) is 0 Å². The standard InChI is InChI=1S/C9H10N2O/c12-8-2-1-7(5-8)9-6-10-3-4-11-9/h3-4,6-7H,1-2,5H2. The van der Waals surface area contributed by atoms with Crippen LogP contribution in [0.5, 0.6) is 0 Å². The fraction of sp³-hybridized carbons (Fsp3) is 0.444. The van der Waals surface area contributed by atoms with Gasteiger partial charge in [0.25, 0.3) is 0 Å². The third kappa shape index (κ3) is 1.35. The summed E-state index contributed by atoms with van der Waals surface area (Å²) in [5, 5.41) is 0. The van der Waals surface area contributed by atoms with E-state index in [2.05, 4.69) is 9.97 Å². The van der Waals surface area contributed by atoms with Crippen molar-refractivity contribution in [2.75, 3.05) is 0 Å². The highest BCUT2D eigenvalue weighted by molar-refractivity contribution is 5.81. The number of hydrogen-bond donors (Lipinski definition) is 0. The maximum absolute atomic E-state index is 11.0. The van der Waals surface area contributed by atoms with E-state index in [0.717, 1.165) is 12.1 Å². The molecule has 1 atom stereocenters. The van der Waals surface area contributed by atoms with E-state index in [1.165, 1.54) is 0 Å². The van der Waals surface area contributed by atoms with Gasteiger partial charge in [0.15, 0.2) is 0 Å². The van der Waals surface area contributed by atoms with Crippen LogP contribution in [0.15, 0.2) is 18.6 Å². The van der Waals surface area contributed by atoms with Crippen LogP contribution in [0.4, 0.5) is 0 Å². The Balaban J connectivity index is 2.16. The summed E-state index contributed by atoms with van der Waals surface area (Å²) in [7, 11) is 0. The van der Waals surface area contributed by atoms with E-state index >= 15 is 0 Å². The van der Waals surface area contributed by atoms with E-state index in [1.807, 2.05) is 0 Å². The zero-order chi connectivity index (χ0) is 8.39. The zero-order valence-corrected chi connectivity index (χ0v) is 6.73. The smallest absolute Gasteiger partial charge is 0.133 e. The SMILES string of the molecule is O=C1CCC(c2cnccn2)C1. The van der Waals surface area contributed by atoms with Gasteiger partial charge in [-0.1, -0.05) is 0 Å². The number of carbonyl (C=O) groups is 1. The molecule has 1 aromatic heterocycles. The molecule has 0 saturated heterocycles. The van der Waals surface area contributed by atoms with Gasteiger partial charge in [0.1, 0.15) is 5.78 Å². The molecule has 0 aliphatic heterocycles. The van der Waals surface area contributed by atoms with Crippen molar-refractivity contribution < 1.29 is 4.79 Å². The lowest BCUT2D eigenvalue weighted by molar-refractivity contribution is -0.117. The second-order valence-corrected chi connectivity index (χ2v) is 3.11. The molecular weight excluding hydrogens is 152 g/mol. The first-order chi connectivity index (χ1) is 5.86. The average molecular weight is 162 g/mol. The van der Waals surface area contributed by atoms with Crippen LogP contribution >= 0.6 is 0 Å². The third-order valence-corrected chi connectivity index (χ3v) is 2.25. The Labute approximate surface area is 70.9 Å². The summed E-state index contributed by atoms with van der Waals surface area (Å²) in [4.78, 5) is 19.1. The topological polar surface area (TPSA) is 42.9 Å². The van der Waals surface area contributed by atoms with Gasteiger partial charge in [0, 0.05) is 37.4 Å². The van der Waals surface area contributed by atoms with Crippen LogP contribution < -0.4 is 0 Å². The lowest BCUT2D eigenvalue weighted by Gasteiger charge is -2.04. The fourth-order valence-corrected chi connectivity index (χ4v) is 1.59. The minimum Gasteiger partial charge on any atom is -0.300 e. The summed E-state index contributed by atoms with van der Waals surface area (Å²) in [5.41, 5.74) is 0.961. The first-order valence-corrected chi connectivity index (χ1v) is 4.14. The maximum atomic E-state index is 11.0. The Morgan fingerprint density at radius 3 is 2.92 bits per heavy atom. The van der Waals surface area contributed by atoms with Gasteiger partial charge in [0.2, 0.25) is 0 Å². The molecule has 62 valence electrons. The van der Waals surface area contributed by atoms with E-state index in [9.17, 15) is 4.79 Å². The van der Waals surface area contributed by atoms with Gasteiger partial charge in [0.05, 0.1) is 5.69 Å². The molecule has 1 fully saturated rings. The Hall–Kier alpha value is -1.25. The number of Topliss-reactive ketones (excluding diaryl/α,β-unsaturated/α-hetero) is 1. The summed E-state index contributed by atoms with van der Waals surface area (Å²) in [6, 6.07) is 0. The predicted molar refractivity (Wildman–Crippen MR) is 43.6 cm³/mol. The number of carbonyl (C=O) groups excluding carboxylic acids is 1. The summed E-state index contributed by atoms with van der Waals surface area (Å²) >= 11 is 0. The van der Waals surface area contributed by atoms with Crippen LogP contribution in [-0.4, -0.2) is 15.8 Å². The molecule has 0 radical (unpaired) electrons. The second-order valence-electron chi connectivity index (χ2n) is 3.11. The summed E-state index contributed by atoms with van der Waals surface area (Å²) < 4.78 is 0. The Bertz CT molecular complexity index is 284. The molecule has 0 bridgehead atoms. The van der Waals surface area contributed by atoms with Crippen LogP contribution in [0.25, 0.3) is 0 Å². The molecule has 1 aliphatic rings. The van der Waals surface area contributed by atoms with Gasteiger partial charge in [-0.15, -0.1) is 0 Å². The third-order valence-electron chi connectivity index (χ3n) is 2.25. The normalized spacial score (nSPS) is 23.0. The Morgan fingerprint density at radius 1 is 1.42 bits per heavy atom. The number of aromatic nitrogens is 2. The molecule has 1 aromatic rings. The molecule has 0 amide bonds. The number of ketones is 1. The van der Waals surface area contributed by atoms with Gasteiger partial charge in [-0.05, 0) is 6.42 Å². The molecule has 0 spiro atoms. The number of rotatable bonds is 1. The molecule has 0 N–H and O–H groups in total. The first kappa shape index (κ1) is 7.40. The number of hydrogen-bond acceptors (Lipinski definition) is 3. The monoisotopic (exact) mass is 162 g/mol. The van der Waals surface area contributed by atoms with E-state index in [0.29, 0.717) is 24.5 Å². The molecule has 3 heteroatoms. The highest BCUT2D eigenvalue weighted by atomic mass is 16.1. The Kier molecular flexibility index (Phi) is 1.86. The van der Waals surface area contributed by atoms with Gasteiger partial charge < -0.3 is 0 Å². The molecule has 3 nitrogen and oxygen atoms in total. The van der Waals surface area contributed by atoms with Crippen molar-refractivity contribution in [3.63, 3.8) is 0 Å². The van der Waals surface area contributed by atoms with Crippen molar-refractivity contribution >= 4 is 5.78 Å². The van der Waals surface area contributed by atoms with Gasteiger partial charge in [-0.25, -0.2) is 0 Å². The minimum absolute atomic E-state index is 0.325. The lowest BCUT2D eigenvalue weighted by Crippen LogP contribution is -1.97. The summed E-state index contributed by atoms with van der Waals surface area (Å²) in [5.74, 6) is 0.678.